The van der Waals surface area contributed by atoms with Crippen molar-refractivity contribution >= 4 is 5.97 Å². The number of aliphatic hydroxyl groups excluding tert-OH is 3. The molecule has 3 rings (SSSR count). The van der Waals surface area contributed by atoms with Crippen molar-refractivity contribution in [1.82, 2.24) is 0 Å². The Morgan fingerprint density at radius 3 is 2.12 bits per heavy atom. The van der Waals surface area contributed by atoms with Crippen LogP contribution in [0.5, 0.6) is 11.5 Å². The zero-order valence-electron chi connectivity index (χ0n) is 24.8. The van der Waals surface area contributed by atoms with E-state index in [1.54, 1.807) is 6.07 Å². The van der Waals surface area contributed by atoms with Crippen LogP contribution in [0.1, 0.15) is 56.4 Å². The predicted octanol–water partition coefficient (Wildman–Crippen LogP) is 5.50. The summed E-state index contributed by atoms with van der Waals surface area (Å²) in [4.78, 5) is 11.7. The highest BCUT2D eigenvalue weighted by atomic mass is 19.1. The first-order valence-electron chi connectivity index (χ1n) is 15.0. The number of unbranched alkanes of at least 4 members (excludes halogenated alkanes) is 1. The summed E-state index contributed by atoms with van der Waals surface area (Å²) in [7, 11) is 0. The van der Waals surface area contributed by atoms with Crippen LogP contribution in [-0.2, 0) is 14.3 Å². The minimum absolute atomic E-state index is 0.0223. The minimum atomic E-state index is -1.28. The summed E-state index contributed by atoms with van der Waals surface area (Å²) < 4.78 is 34.5. The first-order chi connectivity index (χ1) is 20.8. The number of benzene rings is 2. The number of rotatable bonds is 19. The normalized spacial score (nSPS) is 17.2. The van der Waals surface area contributed by atoms with Gasteiger partial charge in [-0.05, 0) is 72.8 Å². The average molecular weight is 601 g/mol. The lowest BCUT2D eigenvalue weighted by molar-refractivity contribution is -0.140. The Kier molecular flexibility index (Phi) is 14.7. The molecule has 2 aromatic rings. The molecular formula is C34H45FO8. The molecule has 8 nitrogen and oxygen atoms in total. The molecule has 0 heterocycles. The van der Waals surface area contributed by atoms with Gasteiger partial charge in [0.25, 0.3) is 0 Å². The van der Waals surface area contributed by atoms with E-state index < -0.39 is 18.9 Å². The third-order valence-electron chi connectivity index (χ3n) is 7.68. The van der Waals surface area contributed by atoms with E-state index in [0.29, 0.717) is 29.8 Å². The van der Waals surface area contributed by atoms with Crippen LogP contribution in [0.4, 0.5) is 4.39 Å². The van der Waals surface area contributed by atoms with Crippen molar-refractivity contribution in [1.29, 1.82) is 0 Å². The lowest BCUT2D eigenvalue weighted by Crippen LogP contribution is -2.20. The van der Waals surface area contributed by atoms with Crippen molar-refractivity contribution in [3.8, 4) is 22.6 Å². The van der Waals surface area contributed by atoms with E-state index in [4.69, 9.17) is 29.2 Å². The molecule has 0 radical (unpaired) electrons. The van der Waals surface area contributed by atoms with E-state index in [1.165, 1.54) is 18.4 Å². The lowest BCUT2D eigenvalue weighted by Gasteiger charge is -2.29. The Morgan fingerprint density at radius 2 is 1.51 bits per heavy atom. The van der Waals surface area contributed by atoms with Gasteiger partial charge in [-0.15, -0.1) is 0 Å². The first-order valence-corrected chi connectivity index (χ1v) is 15.0. The van der Waals surface area contributed by atoms with Gasteiger partial charge in [-0.2, -0.15) is 0 Å². The van der Waals surface area contributed by atoms with Crippen LogP contribution in [0.3, 0.4) is 0 Å². The van der Waals surface area contributed by atoms with Crippen LogP contribution in [0, 0.1) is 5.92 Å². The molecular weight excluding hydrogens is 555 g/mol. The summed E-state index contributed by atoms with van der Waals surface area (Å²) in [5.74, 6) is 1.59. The molecule has 3 N–H and O–H groups in total. The molecule has 2 aromatic carbocycles. The fourth-order valence-corrected chi connectivity index (χ4v) is 5.14. The molecule has 1 aliphatic rings. The summed E-state index contributed by atoms with van der Waals surface area (Å²) in [6.45, 7) is 6.17. The van der Waals surface area contributed by atoms with E-state index in [2.05, 4.69) is 37.4 Å². The quantitative estimate of drug-likeness (QED) is 0.0637. The first kappa shape index (κ1) is 34.3. The second-order valence-electron chi connectivity index (χ2n) is 10.9. The van der Waals surface area contributed by atoms with Crippen LogP contribution < -0.4 is 9.47 Å². The van der Waals surface area contributed by atoms with Crippen LogP contribution in [0.2, 0.25) is 0 Å². The fourth-order valence-electron chi connectivity index (χ4n) is 5.14. The number of halogens is 1. The Hall–Kier alpha value is -3.24. The number of alkyl halides is 1. The maximum Gasteiger partial charge on any atom is 0.335 e. The van der Waals surface area contributed by atoms with Gasteiger partial charge >= 0.3 is 5.97 Å². The predicted molar refractivity (Wildman–Crippen MR) is 163 cm³/mol. The van der Waals surface area contributed by atoms with Gasteiger partial charge in [-0.1, -0.05) is 50.3 Å². The number of hydrogen-bond donors (Lipinski definition) is 3. The average Bonchev–Trinajstić information content (AvgIpc) is 3.04. The van der Waals surface area contributed by atoms with Gasteiger partial charge in [-0.25, -0.2) is 4.79 Å². The van der Waals surface area contributed by atoms with Crippen molar-refractivity contribution in [2.24, 2.45) is 5.92 Å². The minimum Gasteiger partial charge on any atom is -0.491 e. The molecule has 1 aliphatic carbocycles. The molecule has 0 amide bonds. The van der Waals surface area contributed by atoms with Gasteiger partial charge < -0.3 is 34.3 Å². The molecule has 9 heteroatoms. The SMILES string of the molecule is C=C(CO)C(=O)OCCOc1cc(OCCOC(O)C(=C)CO)cc(-c2ccc(C3CCC(CCCCF)CC3)cc2)c1. The highest BCUT2D eigenvalue weighted by Gasteiger charge is 2.22. The smallest absolute Gasteiger partial charge is 0.335 e. The highest BCUT2D eigenvalue weighted by molar-refractivity contribution is 5.87. The van der Waals surface area contributed by atoms with E-state index >= 15 is 0 Å². The maximum absolute atomic E-state index is 12.4. The molecule has 0 aliphatic heterocycles. The summed E-state index contributed by atoms with van der Waals surface area (Å²) >= 11 is 0. The van der Waals surface area contributed by atoms with Gasteiger partial charge in [0.15, 0.2) is 6.29 Å². The van der Waals surface area contributed by atoms with E-state index in [0.717, 1.165) is 36.8 Å². The number of hydrogen-bond acceptors (Lipinski definition) is 8. The second-order valence-corrected chi connectivity index (χ2v) is 10.9. The van der Waals surface area contributed by atoms with Crippen LogP contribution in [0.15, 0.2) is 66.8 Å². The van der Waals surface area contributed by atoms with E-state index in [9.17, 15) is 14.3 Å². The molecule has 43 heavy (non-hydrogen) atoms. The van der Waals surface area contributed by atoms with Crippen LogP contribution >= 0.6 is 0 Å². The van der Waals surface area contributed by atoms with Gasteiger partial charge in [0.2, 0.25) is 0 Å². The zero-order valence-corrected chi connectivity index (χ0v) is 24.8. The van der Waals surface area contributed by atoms with E-state index in [1.807, 2.05) is 12.1 Å². The Balaban J connectivity index is 1.64. The third kappa shape index (κ3) is 11.4. The molecule has 0 aromatic heterocycles. The molecule has 1 saturated carbocycles. The number of aliphatic hydroxyl groups is 3. The molecule has 1 atom stereocenters. The van der Waals surface area contributed by atoms with Gasteiger partial charge in [0.1, 0.15) is 31.3 Å². The summed E-state index contributed by atoms with van der Waals surface area (Å²) in [5, 5.41) is 27.9. The summed E-state index contributed by atoms with van der Waals surface area (Å²) in [6, 6.07) is 14.0. The van der Waals surface area contributed by atoms with Gasteiger partial charge in [0.05, 0.1) is 32.1 Å². The van der Waals surface area contributed by atoms with Gasteiger partial charge in [0, 0.05) is 11.6 Å². The molecule has 0 spiro atoms. The van der Waals surface area contributed by atoms with Crippen molar-refractivity contribution in [3.63, 3.8) is 0 Å². The Labute approximate surface area is 253 Å². The van der Waals surface area contributed by atoms with Crippen LogP contribution in [0.25, 0.3) is 11.1 Å². The largest absolute Gasteiger partial charge is 0.491 e. The summed E-state index contributed by atoms with van der Waals surface area (Å²) in [6.07, 6.45) is 6.19. The second kappa shape index (κ2) is 18.4. The van der Waals surface area contributed by atoms with Crippen molar-refractivity contribution < 1.29 is 43.5 Å². The number of ether oxygens (including phenoxy) is 4. The number of carbonyl (C=O) groups is 1. The molecule has 1 unspecified atom stereocenters. The molecule has 0 bridgehead atoms. The number of esters is 1. The topological polar surface area (TPSA) is 115 Å². The van der Waals surface area contributed by atoms with E-state index in [-0.39, 0.29) is 50.9 Å². The fraction of sp³-hybridized carbons (Fsp3) is 0.500. The zero-order chi connectivity index (χ0) is 31.0. The Morgan fingerprint density at radius 1 is 0.860 bits per heavy atom. The maximum atomic E-state index is 12.4. The van der Waals surface area contributed by atoms with Crippen LogP contribution in [-0.4, -0.2) is 73.9 Å². The molecule has 0 saturated heterocycles. The Bertz CT molecular complexity index is 1160. The highest BCUT2D eigenvalue weighted by Crippen LogP contribution is 2.38. The summed E-state index contributed by atoms with van der Waals surface area (Å²) in [5.41, 5.74) is 3.30. The third-order valence-corrected chi connectivity index (χ3v) is 7.68. The lowest BCUT2D eigenvalue weighted by atomic mass is 9.77. The number of carbonyl (C=O) groups excluding carboxylic acids is 1. The standard InChI is InChI=1S/C34H45FO8/c1-24(22-36)33(38)42-17-15-40-31-19-30(20-32(21-31)41-16-18-43-34(39)25(2)23-37)29-12-10-28(11-13-29)27-8-6-26(7-9-27)5-3-4-14-35/h10-13,19-21,26-27,33,36-38H,1-9,14-18,22-23H2. The van der Waals surface area contributed by atoms with Gasteiger partial charge in [-0.3, -0.25) is 4.39 Å². The molecule has 236 valence electrons. The molecule has 1 fully saturated rings. The van der Waals surface area contributed by atoms with Crippen molar-refractivity contribution in [2.45, 2.75) is 57.2 Å². The van der Waals surface area contributed by atoms with Crippen molar-refractivity contribution in [2.75, 3.05) is 46.3 Å². The monoisotopic (exact) mass is 600 g/mol. The van der Waals surface area contributed by atoms with Crippen molar-refractivity contribution in [3.05, 3.63) is 72.3 Å².